The molecule has 0 spiro atoms. The molecule has 0 aromatic heterocycles. The van der Waals surface area contributed by atoms with Crippen LogP contribution in [-0.4, -0.2) is 4.92 Å². The predicted molar refractivity (Wildman–Crippen MR) is 73.6 cm³/mol. The highest BCUT2D eigenvalue weighted by Crippen LogP contribution is 2.30. The molecule has 0 aliphatic rings. The molecule has 21 heavy (non-hydrogen) atoms. The van der Waals surface area contributed by atoms with Crippen LogP contribution in [0.1, 0.15) is 11.1 Å². The van der Waals surface area contributed by atoms with Gasteiger partial charge in [0.1, 0.15) is 12.4 Å². The first kappa shape index (κ1) is 14.8. The minimum absolute atomic E-state index is 0.0411. The molecule has 2 aromatic rings. The molecule has 0 amide bonds. The number of hydrogen-bond acceptors (Lipinski definition) is 4. The van der Waals surface area contributed by atoms with Gasteiger partial charge < -0.3 is 4.74 Å². The molecule has 7 heteroatoms. The van der Waals surface area contributed by atoms with Crippen LogP contribution in [0, 0.1) is 27.3 Å². The molecule has 0 N–H and O–H groups in total. The first-order chi connectivity index (χ1) is 10.0. The number of nitrogens with zero attached hydrogens (tertiary/aromatic N) is 2. The van der Waals surface area contributed by atoms with E-state index in [1.54, 1.807) is 0 Å². The van der Waals surface area contributed by atoms with Crippen molar-refractivity contribution in [3.8, 4) is 11.8 Å². The summed E-state index contributed by atoms with van der Waals surface area (Å²) < 4.78 is 18.5. The van der Waals surface area contributed by atoms with Gasteiger partial charge in [0.15, 0.2) is 5.75 Å². The predicted octanol–water partition coefficient (Wildman–Crippen LogP) is 3.84. The summed E-state index contributed by atoms with van der Waals surface area (Å²) in [5, 5.41) is 20.1. The van der Waals surface area contributed by atoms with Crippen LogP contribution in [-0.2, 0) is 6.61 Å². The summed E-state index contributed by atoms with van der Waals surface area (Å²) in [6.07, 6.45) is 0. The maximum absolute atomic E-state index is 13.2. The quantitative estimate of drug-likeness (QED) is 0.635. The smallest absolute Gasteiger partial charge is 0.311 e. The summed E-state index contributed by atoms with van der Waals surface area (Å²) in [5.41, 5.74) is 0.280. The largest absolute Gasteiger partial charge is 0.482 e. The van der Waals surface area contributed by atoms with Gasteiger partial charge in [-0.3, -0.25) is 10.1 Å². The van der Waals surface area contributed by atoms with E-state index in [0.29, 0.717) is 5.56 Å². The molecule has 106 valence electrons. The van der Waals surface area contributed by atoms with Gasteiger partial charge in [0.25, 0.3) is 0 Å². The monoisotopic (exact) mass is 306 g/mol. The van der Waals surface area contributed by atoms with Crippen LogP contribution in [0.3, 0.4) is 0 Å². The van der Waals surface area contributed by atoms with E-state index in [9.17, 15) is 14.5 Å². The van der Waals surface area contributed by atoms with Crippen molar-refractivity contribution in [2.24, 2.45) is 0 Å². The van der Waals surface area contributed by atoms with E-state index >= 15 is 0 Å². The average molecular weight is 307 g/mol. The molecule has 0 fully saturated rings. The van der Waals surface area contributed by atoms with E-state index in [0.717, 1.165) is 12.1 Å². The SMILES string of the molecule is N#Cc1ccc(F)cc1COc1cc(Cl)ccc1[N+](=O)[O-]. The van der Waals surface area contributed by atoms with E-state index in [4.69, 9.17) is 21.6 Å². The van der Waals surface area contributed by atoms with E-state index in [-0.39, 0.29) is 28.6 Å². The zero-order valence-electron chi connectivity index (χ0n) is 10.5. The number of nitro groups is 1. The third-order valence-corrected chi connectivity index (χ3v) is 2.92. The van der Waals surface area contributed by atoms with Crippen molar-refractivity contribution in [3.05, 3.63) is 68.5 Å². The van der Waals surface area contributed by atoms with Crippen LogP contribution in [0.15, 0.2) is 36.4 Å². The Bertz CT molecular complexity index is 743. The highest BCUT2D eigenvalue weighted by atomic mass is 35.5. The Kier molecular flexibility index (Phi) is 4.36. The second kappa shape index (κ2) is 6.20. The highest BCUT2D eigenvalue weighted by Gasteiger charge is 2.16. The van der Waals surface area contributed by atoms with Crippen LogP contribution in [0.4, 0.5) is 10.1 Å². The van der Waals surface area contributed by atoms with Crippen LogP contribution in [0.5, 0.6) is 5.75 Å². The van der Waals surface area contributed by atoms with Crippen LogP contribution >= 0.6 is 11.6 Å². The van der Waals surface area contributed by atoms with Gasteiger partial charge in [-0.1, -0.05) is 11.6 Å². The third-order valence-electron chi connectivity index (χ3n) is 2.69. The lowest BCUT2D eigenvalue weighted by Crippen LogP contribution is -2.01. The van der Waals surface area contributed by atoms with Gasteiger partial charge in [-0.15, -0.1) is 0 Å². The molecule has 0 aliphatic carbocycles. The Morgan fingerprint density at radius 1 is 1.33 bits per heavy atom. The summed E-state index contributed by atoms with van der Waals surface area (Å²) in [5.74, 6) is -0.561. The molecule has 0 bridgehead atoms. The topological polar surface area (TPSA) is 76.2 Å². The Hall–Kier alpha value is -2.65. The normalized spacial score (nSPS) is 9.95. The summed E-state index contributed by atoms with van der Waals surface area (Å²) in [7, 11) is 0. The van der Waals surface area contributed by atoms with Gasteiger partial charge in [0, 0.05) is 22.7 Å². The van der Waals surface area contributed by atoms with Crippen molar-refractivity contribution in [1.29, 1.82) is 5.26 Å². The van der Waals surface area contributed by atoms with Crippen molar-refractivity contribution in [1.82, 2.24) is 0 Å². The number of hydrogen-bond donors (Lipinski definition) is 0. The fraction of sp³-hybridized carbons (Fsp3) is 0.0714. The zero-order valence-corrected chi connectivity index (χ0v) is 11.3. The Morgan fingerprint density at radius 2 is 2.10 bits per heavy atom. The fourth-order valence-corrected chi connectivity index (χ4v) is 1.86. The summed E-state index contributed by atoms with van der Waals surface area (Å²) in [6.45, 7) is -0.179. The maximum Gasteiger partial charge on any atom is 0.311 e. The average Bonchev–Trinajstić information content (AvgIpc) is 2.45. The van der Waals surface area contributed by atoms with E-state index in [1.807, 2.05) is 6.07 Å². The standard InChI is InChI=1S/C14H8ClFN2O3/c15-11-2-4-13(18(19)20)14(6-11)21-8-10-5-12(16)3-1-9(10)7-17/h1-6H,8H2. The van der Waals surface area contributed by atoms with Crippen LogP contribution in [0.25, 0.3) is 0 Å². The first-order valence-electron chi connectivity index (χ1n) is 5.76. The molecule has 2 aromatic carbocycles. The van der Waals surface area contributed by atoms with Gasteiger partial charge in [-0.25, -0.2) is 4.39 Å². The minimum atomic E-state index is -0.609. The van der Waals surface area contributed by atoms with Gasteiger partial charge in [0.05, 0.1) is 16.6 Å². The first-order valence-corrected chi connectivity index (χ1v) is 6.14. The van der Waals surface area contributed by atoms with Crippen molar-refractivity contribution in [2.75, 3.05) is 0 Å². The van der Waals surface area contributed by atoms with E-state index in [2.05, 4.69) is 0 Å². The minimum Gasteiger partial charge on any atom is -0.482 e. The molecular formula is C14H8ClFN2O3. The fourth-order valence-electron chi connectivity index (χ4n) is 1.70. The van der Waals surface area contributed by atoms with Crippen LogP contribution in [0.2, 0.25) is 5.02 Å². The second-order valence-electron chi connectivity index (χ2n) is 4.07. The second-order valence-corrected chi connectivity index (χ2v) is 4.51. The highest BCUT2D eigenvalue weighted by molar-refractivity contribution is 6.30. The Labute approximate surface area is 124 Å². The third kappa shape index (κ3) is 3.46. The lowest BCUT2D eigenvalue weighted by molar-refractivity contribution is -0.385. The van der Waals surface area contributed by atoms with Gasteiger partial charge in [-0.05, 0) is 24.3 Å². The van der Waals surface area contributed by atoms with Gasteiger partial charge in [-0.2, -0.15) is 5.26 Å². The number of nitro benzene ring substituents is 1. The molecule has 0 unspecified atom stereocenters. The molecule has 2 rings (SSSR count). The zero-order chi connectivity index (χ0) is 15.4. The molecular weight excluding hydrogens is 299 g/mol. The van der Waals surface area contributed by atoms with E-state index in [1.165, 1.54) is 24.3 Å². The summed E-state index contributed by atoms with van der Waals surface area (Å²) >= 11 is 5.77. The lowest BCUT2D eigenvalue weighted by Gasteiger charge is -2.08. The molecule has 0 aliphatic heterocycles. The van der Waals surface area contributed by atoms with Crippen molar-refractivity contribution in [2.45, 2.75) is 6.61 Å². The maximum atomic E-state index is 13.2. The number of rotatable bonds is 4. The molecule has 5 nitrogen and oxygen atoms in total. The number of nitriles is 1. The van der Waals surface area contributed by atoms with Crippen molar-refractivity contribution in [3.63, 3.8) is 0 Å². The molecule has 0 saturated heterocycles. The molecule has 0 radical (unpaired) electrons. The van der Waals surface area contributed by atoms with Crippen molar-refractivity contribution >= 4 is 17.3 Å². The summed E-state index contributed by atoms with van der Waals surface area (Å²) in [6, 6.07) is 9.41. The van der Waals surface area contributed by atoms with Crippen molar-refractivity contribution < 1.29 is 14.1 Å². The molecule has 0 saturated carbocycles. The number of ether oxygens (including phenoxy) is 1. The van der Waals surface area contributed by atoms with E-state index < -0.39 is 10.7 Å². The Morgan fingerprint density at radius 3 is 2.76 bits per heavy atom. The van der Waals surface area contributed by atoms with Gasteiger partial charge >= 0.3 is 5.69 Å². The van der Waals surface area contributed by atoms with Gasteiger partial charge in [0.2, 0.25) is 0 Å². The number of benzene rings is 2. The summed E-state index contributed by atoms with van der Waals surface area (Å²) in [4.78, 5) is 10.3. The Balaban J connectivity index is 2.29. The lowest BCUT2D eigenvalue weighted by atomic mass is 10.1. The molecule has 0 heterocycles. The van der Waals surface area contributed by atoms with Crippen LogP contribution < -0.4 is 4.74 Å². The molecule has 0 atom stereocenters. The number of halogens is 2.